The summed E-state index contributed by atoms with van der Waals surface area (Å²) in [4.78, 5) is 44.3. The summed E-state index contributed by atoms with van der Waals surface area (Å²) < 4.78 is 15.8. The minimum Gasteiger partial charge on any atom is -0.481 e. The molecule has 1 aromatic carbocycles. The summed E-state index contributed by atoms with van der Waals surface area (Å²) in [7, 11) is 1.29. The highest BCUT2D eigenvalue weighted by Gasteiger charge is 2.39. The molecule has 0 saturated carbocycles. The molecule has 0 radical (unpaired) electrons. The molecule has 0 aliphatic carbocycles. The fraction of sp³-hybridized carbons (Fsp3) is 0.391. The van der Waals surface area contributed by atoms with Crippen LogP contribution in [0.25, 0.3) is 0 Å². The smallest absolute Gasteiger partial charge is 0.336 e. The van der Waals surface area contributed by atoms with E-state index in [0.29, 0.717) is 40.7 Å². The number of allylic oxidation sites excluding steroid dienone is 1. The standard InChI is InChI=1S/C20H25ClN2O5.C3H4O4/c1-4-28-20(25)18-15(11-27-10-9-22)23-12(2)16(19(24)26-3)17(18)13-7-5-6-8-14(13)21;4-2(5)1-3(6)7/h5-8,17,23H,4,9-11,22H2,1-3H3;1H2,(H,4,5)(H,6,7). The first-order chi connectivity index (χ1) is 16.6. The third-order valence-electron chi connectivity index (χ3n) is 4.57. The molecule has 0 amide bonds. The largest absolute Gasteiger partial charge is 0.481 e. The molecular weight excluding hydrogens is 484 g/mol. The Morgan fingerprint density at radius 3 is 2.20 bits per heavy atom. The van der Waals surface area contributed by atoms with E-state index in [9.17, 15) is 19.2 Å². The van der Waals surface area contributed by atoms with E-state index in [4.69, 9.17) is 41.8 Å². The average Bonchev–Trinajstić information content (AvgIpc) is 2.78. The van der Waals surface area contributed by atoms with Crippen LogP contribution >= 0.6 is 11.6 Å². The SMILES string of the molecule is CCOC(=O)C1=C(COCCN)NC(C)=C(C(=O)OC)C1c1ccccc1Cl.O=C(O)CC(=O)O. The van der Waals surface area contributed by atoms with E-state index < -0.39 is 36.2 Å². The van der Waals surface area contributed by atoms with Gasteiger partial charge in [0.25, 0.3) is 0 Å². The quantitative estimate of drug-likeness (QED) is 0.204. The van der Waals surface area contributed by atoms with Crippen LogP contribution in [0, 0.1) is 0 Å². The number of benzene rings is 1. The lowest BCUT2D eigenvalue weighted by molar-refractivity contribution is -0.147. The Hall–Kier alpha value is -3.41. The second-order valence-corrected chi connectivity index (χ2v) is 7.44. The average molecular weight is 513 g/mol. The van der Waals surface area contributed by atoms with Gasteiger partial charge in [-0.25, -0.2) is 9.59 Å². The van der Waals surface area contributed by atoms with Gasteiger partial charge >= 0.3 is 23.9 Å². The molecule has 1 heterocycles. The predicted octanol–water partition coefficient (Wildman–Crippen LogP) is 1.81. The Bertz CT molecular complexity index is 992. The molecule has 5 N–H and O–H groups in total. The molecule has 0 aromatic heterocycles. The first kappa shape index (κ1) is 29.6. The number of methoxy groups -OCH3 is 1. The van der Waals surface area contributed by atoms with Crippen molar-refractivity contribution in [3.8, 4) is 0 Å². The van der Waals surface area contributed by atoms with Gasteiger partial charge in [0, 0.05) is 17.3 Å². The number of carboxylic acid groups (broad SMARTS) is 2. The maximum atomic E-state index is 12.9. The van der Waals surface area contributed by atoms with Crippen molar-refractivity contribution in [1.29, 1.82) is 0 Å². The van der Waals surface area contributed by atoms with Crippen LogP contribution < -0.4 is 11.1 Å². The van der Waals surface area contributed by atoms with Crippen LogP contribution in [0.15, 0.2) is 46.8 Å². The lowest BCUT2D eigenvalue weighted by atomic mass is 9.80. The number of carbonyl (C=O) groups is 4. The minimum atomic E-state index is -1.31. The number of carbonyl (C=O) groups excluding carboxylic acids is 2. The second-order valence-electron chi connectivity index (χ2n) is 7.03. The van der Waals surface area contributed by atoms with Gasteiger partial charge in [-0.2, -0.15) is 0 Å². The van der Waals surface area contributed by atoms with Crippen LogP contribution in [-0.2, 0) is 33.4 Å². The Morgan fingerprint density at radius 1 is 1.09 bits per heavy atom. The summed E-state index contributed by atoms with van der Waals surface area (Å²) in [5, 5.41) is 18.9. The van der Waals surface area contributed by atoms with Gasteiger partial charge in [-0.05, 0) is 25.5 Å². The Morgan fingerprint density at radius 2 is 1.71 bits per heavy atom. The number of hydrogen-bond acceptors (Lipinski definition) is 9. The number of nitrogens with one attached hydrogen (secondary N) is 1. The molecule has 0 bridgehead atoms. The van der Waals surface area contributed by atoms with Crippen LogP contribution in [0.5, 0.6) is 0 Å². The van der Waals surface area contributed by atoms with Crippen LogP contribution in [0.3, 0.4) is 0 Å². The number of aliphatic carboxylic acids is 2. The highest BCUT2D eigenvalue weighted by Crippen LogP contribution is 2.41. The zero-order valence-electron chi connectivity index (χ0n) is 19.6. The van der Waals surface area contributed by atoms with Gasteiger partial charge in [0.1, 0.15) is 6.42 Å². The number of rotatable bonds is 10. The zero-order valence-corrected chi connectivity index (χ0v) is 20.4. The molecule has 0 fully saturated rings. The van der Waals surface area contributed by atoms with E-state index in [-0.39, 0.29) is 18.8 Å². The molecule has 0 spiro atoms. The summed E-state index contributed by atoms with van der Waals surface area (Å²) in [5.41, 5.74) is 7.70. The fourth-order valence-corrected chi connectivity index (χ4v) is 3.49. The highest BCUT2D eigenvalue weighted by atomic mass is 35.5. The van der Waals surface area contributed by atoms with Crippen molar-refractivity contribution in [3.05, 3.63) is 57.4 Å². The molecule has 1 aromatic rings. The van der Waals surface area contributed by atoms with E-state index in [1.807, 2.05) is 0 Å². The van der Waals surface area contributed by atoms with Gasteiger partial charge in [-0.15, -0.1) is 0 Å². The number of halogens is 1. The van der Waals surface area contributed by atoms with Gasteiger partial charge in [0.05, 0.1) is 49.7 Å². The lowest BCUT2D eigenvalue weighted by Gasteiger charge is -2.31. The maximum absolute atomic E-state index is 12.9. The normalized spacial score (nSPS) is 14.9. The van der Waals surface area contributed by atoms with Crippen molar-refractivity contribution in [1.82, 2.24) is 5.32 Å². The van der Waals surface area contributed by atoms with E-state index in [1.54, 1.807) is 38.1 Å². The second kappa shape index (κ2) is 14.8. The zero-order chi connectivity index (χ0) is 26.5. The summed E-state index contributed by atoms with van der Waals surface area (Å²) in [5.74, 6) is -4.49. The summed E-state index contributed by atoms with van der Waals surface area (Å²) in [6, 6.07) is 7.05. The molecule has 35 heavy (non-hydrogen) atoms. The summed E-state index contributed by atoms with van der Waals surface area (Å²) >= 11 is 6.42. The van der Waals surface area contributed by atoms with Crippen molar-refractivity contribution >= 4 is 35.5 Å². The molecule has 1 unspecified atom stereocenters. The fourth-order valence-electron chi connectivity index (χ4n) is 3.25. The van der Waals surface area contributed by atoms with E-state index in [1.165, 1.54) is 7.11 Å². The Kier molecular flexibility index (Phi) is 12.5. The third kappa shape index (κ3) is 8.71. The van der Waals surface area contributed by atoms with Gasteiger partial charge < -0.3 is 35.5 Å². The van der Waals surface area contributed by atoms with Crippen molar-refractivity contribution in [3.63, 3.8) is 0 Å². The molecule has 1 aliphatic heterocycles. The van der Waals surface area contributed by atoms with Gasteiger partial charge in [-0.1, -0.05) is 29.8 Å². The van der Waals surface area contributed by atoms with Crippen LogP contribution in [0.1, 0.15) is 31.7 Å². The first-order valence-corrected chi connectivity index (χ1v) is 10.9. The maximum Gasteiger partial charge on any atom is 0.336 e. The number of esters is 2. The number of carboxylic acids is 2. The number of hydrogen-bond donors (Lipinski definition) is 4. The molecular formula is C23H29ClN2O9. The number of dihydropyridines is 1. The van der Waals surface area contributed by atoms with Crippen molar-refractivity contribution in [2.24, 2.45) is 5.73 Å². The topological polar surface area (TPSA) is 174 Å². The highest BCUT2D eigenvalue weighted by molar-refractivity contribution is 6.31. The minimum absolute atomic E-state index is 0.109. The van der Waals surface area contributed by atoms with Crippen molar-refractivity contribution in [2.75, 3.05) is 33.5 Å². The molecule has 1 atom stereocenters. The number of nitrogens with two attached hydrogens (primary N) is 1. The monoisotopic (exact) mass is 512 g/mol. The van der Waals surface area contributed by atoms with E-state index in [0.717, 1.165) is 0 Å². The molecule has 0 saturated heterocycles. The van der Waals surface area contributed by atoms with Crippen molar-refractivity contribution in [2.45, 2.75) is 26.2 Å². The molecule has 2 rings (SSSR count). The van der Waals surface area contributed by atoms with Crippen molar-refractivity contribution < 1.29 is 43.6 Å². The predicted molar refractivity (Wildman–Crippen MR) is 125 cm³/mol. The lowest BCUT2D eigenvalue weighted by Crippen LogP contribution is -2.35. The Balaban J connectivity index is 0.000000762. The number of ether oxygens (including phenoxy) is 3. The van der Waals surface area contributed by atoms with Crippen LogP contribution in [0.4, 0.5) is 0 Å². The summed E-state index contributed by atoms with van der Waals surface area (Å²) in [6.45, 7) is 4.42. The van der Waals surface area contributed by atoms with Gasteiger partial charge in [0.15, 0.2) is 0 Å². The first-order valence-electron chi connectivity index (χ1n) is 10.5. The molecule has 11 nitrogen and oxygen atoms in total. The van der Waals surface area contributed by atoms with E-state index in [2.05, 4.69) is 5.32 Å². The summed E-state index contributed by atoms with van der Waals surface area (Å²) in [6.07, 6.45) is -0.806. The van der Waals surface area contributed by atoms with Gasteiger partial charge in [-0.3, -0.25) is 9.59 Å². The Labute approximate surface area is 207 Å². The molecule has 12 heteroatoms. The van der Waals surface area contributed by atoms with Crippen LogP contribution in [0.2, 0.25) is 5.02 Å². The molecule has 192 valence electrons. The molecule has 1 aliphatic rings. The third-order valence-corrected chi connectivity index (χ3v) is 4.92. The van der Waals surface area contributed by atoms with E-state index >= 15 is 0 Å². The van der Waals surface area contributed by atoms with Crippen LogP contribution in [-0.4, -0.2) is 67.6 Å². The van der Waals surface area contributed by atoms with Gasteiger partial charge in [0.2, 0.25) is 0 Å².